The second kappa shape index (κ2) is 2.96. The molecule has 1 fully saturated rings. The molecule has 0 radical (unpaired) electrons. The van der Waals surface area contributed by atoms with E-state index in [4.69, 9.17) is 5.73 Å². The summed E-state index contributed by atoms with van der Waals surface area (Å²) in [6, 6.07) is 0. The van der Waals surface area contributed by atoms with Gasteiger partial charge in [-0.2, -0.15) is 0 Å². The Balaban J connectivity index is 2.12. The van der Waals surface area contributed by atoms with Gasteiger partial charge in [0.2, 0.25) is 0 Å². The number of hydrogen-bond donors (Lipinski definition) is 1. The number of rotatable bonds is 2. The van der Waals surface area contributed by atoms with E-state index in [-0.39, 0.29) is 5.54 Å². The molecule has 0 aromatic carbocycles. The van der Waals surface area contributed by atoms with Gasteiger partial charge in [0.25, 0.3) is 0 Å². The quantitative estimate of drug-likeness (QED) is 0.713. The minimum atomic E-state index is 0.101. The highest BCUT2D eigenvalue weighted by atomic mass is 14.9. The highest BCUT2D eigenvalue weighted by molar-refractivity contribution is 5.25. The summed E-state index contributed by atoms with van der Waals surface area (Å²) in [7, 11) is 0. The zero-order chi connectivity index (χ0) is 10.4. The average Bonchev–Trinajstić information content (AvgIpc) is 2.82. The Hall–Kier alpha value is -0.560. The largest absolute Gasteiger partial charge is 0.325 e. The van der Waals surface area contributed by atoms with Crippen molar-refractivity contribution < 1.29 is 0 Å². The average molecular weight is 191 g/mol. The smallest absolute Gasteiger partial charge is 0.0218 e. The molecule has 0 aromatic rings. The summed E-state index contributed by atoms with van der Waals surface area (Å²) in [6.45, 7) is 6.83. The predicted molar refractivity (Wildman–Crippen MR) is 60.9 cm³/mol. The molecule has 3 atom stereocenters. The summed E-state index contributed by atoms with van der Waals surface area (Å²) >= 11 is 0. The fraction of sp³-hybridized carbons (Fsp3) is 0.692. The van der Waals surface area contributed by atoms with Crippen LogP contribution in [0.2, 0.25) is 0 Å². The Kier molecular flexibility index (Phi) is 2.11. The first-order valence-corrected chi connectivity index (χ1v) is 5.62. The Morgan fingerprint density at radius 2 is 2.07 bits per heavy atom. The summed E-state index contributed by atoms with van der Waals surface area (Å²) in [4.78, 5) is 0. The van der Waals surface area contributed by atoms with Gasteiger partial charge >= 0.3 is 0 Å². The molecule has 0 spiro atoms. The minimum Gasteiger partial charge on any atom is -0.325 e. The van der Waals surface area contributed by atoms with E-state index in [1.165, 1.54) is 6.42 Å². The standard InChI is InChI=1S/C13H21N/c1-10(2)13(14)9-11(13)12(3)7-5-4-6-8-12/h4-7,10-11H,8-9,14H2,1-3H3/t11-,12?,13-/m0/s1. The van der Waals surface area contributed by atoms with Crippen molar-refractivity contribution in [3.8, 4) is 0 Å². The summed E-state index contributed by atoms with van der Waals surface area (Å²) in [5.74, 6) is 1.28. The van der Waals surface area contributed by atoms with Gasteiger partial charge in [-0.25, -0.2) is 0 Å². The third kappa shape index (κ3) is 1.35. The second-order valence-corrected chi connectivity index (χ2v) is 5.52. The highest BCUT2D eigenvalue weighted by Crippen LogP contribution is 2.58. The van der Waals surface area contributed by atoms with Crippen LogP contribution in [0.25, 0.3) is 0 Å². The van der Waals surface area contributed by atoms with Gasteiger partial charge in [0.15, 0.2) is 0 Å². The fourth-order valence-corrected chi connectivity index (χ4v) is 2.78. The first-order valence-electron chi connectivity index (χ1n) is 5.62. The normalized spacial score (nSPS) is 45.9. The van der Waals surface area contributed by atoms with Crippen LogP contribution in [-0.4, -0.2) is 5.54 Å². The van der Waals surface area contributed by atoms with Crippen molar-refractivity contribution in [1.29, 1.82) is 0 Å². The summed E-state index contributed by atoms with van der Waals surface area (Å²) in [5.41, 5.74) is 6.81. The summed E-state index contributed by atoms with van der Waals surface area (Å²) in [5, 5.41) is 0. The third-order valence-corrected chi connectivity index (χ3v) is 4.20. The molecule has 0 bridgehead atoms. The number of nitrogens with two attached hydrogens (primary N) is 1. The van der Waals surface area contributed by atoms with Gasteiger partial charge in [-0.15, -0.1) is 0 Å². The van der Waals surface area contributed by atoms with E-state index < -0.39 is 0 Å². The lowest BCUT2D eigenvalue weighted by Crippen LogP contribution is -2.36. The molecule has 14 heavy (non-hydrogen) atoms. The molecule has 1 unspecified atom stereocenters. The lowest BCUT2D eigenvalue weighted by atomic mass is 9.76. The molecule has 2 aliphatic carbocycles. The van der Waals surface area contributed by atoms with Crippen LogP contribution in [-0.2, 0) is 0 Å². The Morgan fingerprint density at radius 1 is 1.36 bits per heavy atom. The molecule has 1 saturated carbocycles. The van der Waals surface area contributed by atoms with Crippen molar-refractivity contribution in [2.45, 2.75) is 39.2 Å². The highest BCUT2D eigenvalue weighted by Gasteiger charge is 2.59. The summed E-state index contributed by atoms with van der Waals surface area (Å²) in [6.07, 6.45) is 11.3. The van der Waals surface area contributed by atoms with Crippen LogP contribution in [0.3, 0.4) is 0 Å². The molecule has 2 aliphatic rings. The van der Waals surface area contributed by atoms with Crippen molar-refractivity contribution in [2.24, 2.45) is 23.0 Å². The zero-order valence-corrected chi connectivity index (χ0v) is 9.46. The van der Waals surface area contributed by atoms with Crippen molar-refractivity contribution >= 4 is 0 Å². The van der Waals surface area contributed by atoms with Crippen molar-refractivity contribution in [3.05, 3.63) is 24.3 Å². The van der Waals surface area contributed by atoms with Crippen LogP contribution >= 0.6 is 0 Å². The number of allylic oxidation sites excluding steroid dienone is 4. The first kappa shape index (κ1) is 9.97. The molecule has 0 amide bonds. The maximum atomic E-state index is 6.39. The van der Waals surface area contributed by atoms with Crippen LogP contribution < -0.4 is 5.73 Å². The SMILES string of the molecule is CC(C)[C@@]1(N)C[C@H]1C1(C)C=CC=CC1. The Morgan fingerprint density at radius 3 is 2.50 bits per heavy atom. The first-order chi connectivity index (χ1) is 6.49. The van der Waals surface area contributed by atoms with Gasteiger partial charge < -0.3 is 5.73 Å². The number of hydrogen-bond acceptors (Lipinski definition) is 1. The van der Waals surface area contributed by atoms with Crippen LogP contribution in [0.5, 0.6) is 0 Å². The van der Waals surface area contributed by atoms with Crippen molar-refractivity contribution in [2.75, 3.05) is 0 Å². The van der Waals surface area contributed by atoms with Gasteiger partial charge in [-0.1, -0.05) is 45.1 Å². The van der Waals surface area contributed by atoms with Crippen molar-refractivity contribution in [1.82, 2.24) is 0 Å². The minimum absolute atomic E-state index is 0.101. The van der Waals surface area contributed by atoms with Gasteiger partial charge in [-0.05, 0) is 30.1 Å². The Labute approximate surface area is 87.1 Å². The van der Waals surface area contributed by atoms with Crippen LogP contribution in [0.4, 0.5) is 0 Å². The van der Waals surface area contributed by atoms with E-state index in [0.717, 1.165) is 6.42 Å². The van der Waals surface area contributed by atoms with E-state index in [1.807, 2.05) is 0 Å². The van der Waals surface area contributed by atoms with Crippen LogP contribution in [0, 0.1) is 17.3 Å². The van der Waals surface area contributed by atoms with E-state index in [1.54, 1.807) is 0 Å². The predicted octanol–water partition coefficient (Wildman–Crippen LogP) is 2.88. The molecule has 1 nitrogen and oxygen atoms in total. The molecule has 0 heterocycles. The fourth-order valence-electron chi connectivity index (χ4n) is 2.78. The molecular formula is C13H21N. The van der Waals surface area contributed by atoms with Gasteiger partial charge in [0, 0.05) is 5.54 Å². The van der Waals surface area contributed by atoms with E-state index in [9.17, 15) is 0 Å². The van der Waals surface area contributed by atoms with Crippen LogP contribution in [0.15, 0.2) is 24.3 Å². The summed E-state index contributed by atoms with van der Waals surface area (Å²) < 4.78 is 0. The van der Waals surface area contributed by atoms with Crippen molar-refractivity contribution in [3.63, 3.8) is 0 Å². The molecule has 0 aliphatic heterocycles. The maximum Gasteiger partial charge on any atom is 0.0218 e. The Bertz CT molecular complexity index is 290. The van der Waals surface area contributed by atoms with Gasteiger partial charge in [0.05, 0.1) is 0 Å². The lowest BCUT2D eigenvalue weighted by Gasteiger charge is -2.30. The molecule has 0 aromatic heterocycles. The molecule has 78 valence electrons. The third-order valence-electron chi connectivity index (χ3n) is 4.20. The van der Waals surface area contributed by atoms with Gasteiger partial charge in [0.1, 0.15) is 0 Å². The topological polar surface area (TPSA) is 26.0 Å². The van der Waals surface area contributed by atoms with E-state index in [2.05, 4.69) is 45.1 Å². The molecule has 2 N–H and O–H groups in total. The molecule has 0 saturated heterocycles. The zero-order valence-electron chi connectivity index (χ0n) is 9.46. The van der Waals surface area contributed by atoms with E-state index >= 15 is 0 Å². The van der Waals surface area contributed by atoms with E-state index in [0.29, 0.717) is 17.3 Å². The molecular weight excluding hydrogens is 170 g/mol. The van der Waals surface area contributed by atoms with Crippen LogP contribution in [0.1, 0.15) is 33.6 Å². The van der Waals surface area contributed by atoms with Gasteiger partial charge in [-0.3, -0.25) is 0 Å². The second-order valence-electron chi connectivity index (χ2n) is 5.52. The molecule has 1 heteroatoms. The lowest BCUT2D eigenvalue weighted by molar-refractivity contribution is 0.299. The maximum absolute atomic E-state index is 6.39. The monoisotopic (exact) mass is 191 g/mol. The molecule has 2 rings (SSSR count).